The minimum Gasteiger partial charge on any atom is -0.338 e. The van der Waals surface area contributed by atoms with Gasteiger partial charge in [-0.1, -0.05) is 35.9 Å². The maximum Gasteiger partial charge on any atom is 0.196 e. The van der Waals surface area contributed by atoms with Crippen molar-refractivity contribution in [1.29, 1.82) is 0 Å². The molecule has 0 atom stereocenters. The number of rotatable bonds is 5. The van der Waals surface area contributed by atoms with E-state index in [1.165, 1.54) is 17.4 Å². The predicted molar refractivity (Wildman–Crippen MR) is 108 cm³/mol. The molecule has 0 saturated heterocycles. The number of aryl methyl sites for hydroxylation is 1. The van der Waals surface area contributed by atoms with Crippen LogP contribution in [0.5, 0.6) is 0 Å². The molecule has 2 aromatic carbocycles. The first kappa shape index (κ1) is 17.7. The summed E-state index contributed by atoms with van der Waals surface area (Å²) in [5, 5.41) is 5.77. The summed E-state index contributed by atoms with van der Waals surface area (Å²) >= 11 is 7.79. The Morgan fingerprint density at radius 1 is 1.26 bits per heavy atom. The third kappa shape index (κ3) is 3.11. The molecule has 0 spiro atoms. The average Bonchev–Trinajstić information content (AvgIpc) is 3.19. The second kappa shape index (κ2) is 7.13. The number of carbonyl (C=O) groups is 1. The second-order valence-electron chi connectivity index (χ2n) is 6.06. The van der Waals surface area contributed by atoms with Crippen molar-refractivity contribution in [3.8, 4) is 11.3 Å². The molecule has 4 aromatic rings. The van der Waals surface area contributed by atoms with Gasteiger partial charge in [-0.3, -0.25) is 4.40 Å². The Balaban J connectivity index is 1.98. The van der Waals surface area contributed by atoms with Crippen LogP contribution in [-0.4, -0.2) is 15.7 Å². The third-order valence-electron chi connectivity index (χ3n) is 4.32. The van der Waals surface area contributed by atoms with Gasteiger partial charge in [0.15, 0.2) is 4.96 Å². The lowest BCUT2D eigenvalue weighted by molar-refractivity contribution is -0.107. The van der Waals surface area contributed by atoms with Gasteiger partial charge in [0.1, 0.15) is 23.6 Å². The molecule has 0 amide bonds. The monoisotopic (exact) mass is 399 g/mol. The van der Waals surface area contributed by atoms with Crippen molar-refractivity contribution in [3.05, 3.63) is 69.9 Å². The summed E-state index contributed by atoms with van der Waals surface area (Å²) in [6, 6.07) is 12.1. The lowest BCUT2D eigenvalue weighted by Gasteiger charge is -2.13. The molecule has 0 aliphatic rings. The number of fused-ring (bicyclic) bond motifs is 1. The van der Waals surface area contributed by atoms with Crippen LogP contribution in [0.15, 0.2) is 47.8 Å². The van der Waals surface area contributed by atoms with Gasteiger partial charge in [-0.25, -0.2) is 9.37 Å². The van der Waals surface area contributed by atoms with Gasteiger partial charge >= 0.3 is 0 Å². The number of benzene rings is 2. The molecule has 0 saturated carbocycles. The highest BCUT2D eigenvalue weighted by Crippen LogP contribution is 2.37. The molecule has 7 heteroatoms. The number of aldehydes is 1. The van der Waals surface area contributed by atoms with Crippen molar-refractivity contribution in [3.63, 3.8) is 0 Å². The zero-order valence-electron chi connectivity index (χ0n) is 14.4. The van der Waals surface area contributed by atoms with Crippen LogP contribution in [0.1, 0.15) is 11.3 Å². The van der Waals surface area contributed by atoms with Crippen LogP contribution < -0.4 is 5.32 Å². The first-order valence-electron chi connectivity index (χ1n) is 8.29. The van der Waals surface area contributed by atoms with Gasteiger partial charge in [-0.15, -0.1) is 11.3 Å². The number of nitrogens with one attached hydrogen (secondary N) is 1. The topological polar surface area (TPSA) is 46.4 Å². The van der Waals surface area contributed by atoms with Crippen LogP contribution in [0, 0.1) is 12.7 Å². The normalized spacial score (nSPS) is 11.1. The van der Waals surface area contributed by atoms with Gasteiger partial charge in [0.2, 0.25) is 0 Å². The maximum absolute atomic E-state index is 14.5. The fraction of sp³-hybridized carbons (Fsp3) is 0.100. The lowest BCUT2D eigenvalue weighted by atomic mass is 10.1. The van der Waals surface area contributed by atoms with Gasteiger partial charge in [0.25, 0.3) is 0 Å². The van der Waals surface area contributed by atoms with Gasteiger partial charge in [-0.2, -0.15) is 0 Å². The number of carbonyl (C=O) groups excluding carboxylic acids is 1. The molecule has 2 aromatic heterocycles. The number of thiazole rings is 1. The summed E-state index contributed by atoms with van der Waals surface area (Å²) in [5.74, 6) is 0.225. The quantitative estimate of drug-likeness (QED) is 0.441. The Morgan fingerprint density at radius 3 is 2.81 bits per heavy atom. The fourth-order valence-corrected chi connectivity index (χ4v) is 4.18. The van der Waals surface area contributed by atoms with Crippen LogP contribution >= 0.6 is 22.9 Å². The number of anilines is 2. The molecular formula is C20H15ClFN3OS. The number of nitrogens with zero attached hydrogens (tertiary/aromatic N) is 2. The fourth-order valence-electron chi connectivity index (χ4n) is 3.01. The number of aromatic nitrogens is 2. The number of para-hydroxylation sites is 1. The van der Waals surface area contributed by atoms with E-state index >= 15 is 0 Å². The molecule has 0 unspecified atom stereocenters. The molecule has 4 rings (SSSR count). The highest BCUT2D eigenvalue weighted by atomic mass is 35.5. The minimum atomic E-state index is -0.362. The zero-order chi connectivity index (χ0) is 19.0. The molecule has 136 valence electrons. The largest absolute Gasteiger partial charge is 0.338 e. The van der Waals surface area contributed by atoms with E-state index < -0.39 is 0 Å². The van der Waals surface area contributed by atoms with E-state index in [-0.39, 0.29) is 12.2 Å². The molecule has 0 radical (unpaired) electrons. The Kier molecular flexibility index (Phi) is 4.68. The van der Waals surface area contributed by atoms with E-state index in [1.807, 2.05) is 28.8 Å². The Bertz CT molecular complexity index is 1130. The predicted octanol–water partition coefficient (Wildman–Crippen LogP) is 5.65. The summed E-state index contributed by atoms with van der Waals surface area (Å²) in [5.41, 5.74) is 3.32. The number of hydrogen-bond acceptors (Lipinski definition) is 4. The highest BCUT2D eigenvalue weighted by molar-refractivity contribution is 7.15. The summed E-state index contributed by atoms with van der Waals surface area (Å²) in [6.07, 6.45) is 1.08. The molecule has 0 bridgehead atoms. The molecular weight excluding hydrogens is 385 g/mol. The zero-order valence-corrected chi connectivity index (χ0v) is 15.9. The molecule has 4 nitrogen and oxygen atoms in total. The minimum absolute atomic E-state index is 0.239. The van der Waals surface area contributed by atoms with Crippen molar-refractivity contribution >= 4 is 45.7 Å². The molecule has 0 aliphatic carbocycles. The van der Waals surface area contributed by atoms with E-state index in [4.69, 9.17) is 11.6 Å². The first-order chi connectivity index (χ1) is 13.1. The summed E-state index contributed by atoms with van der Waals surface area (Å²) < 4.78 is 16.3. The van der Waals surface area contributed by atoms with Crippen LogP contribution in [0.2, 0.25) is 5.02 Å². The third-order valence-corrected chi connectivity index (χ3v) is 5.51. The van der Waals surface area contributed by atoms with Crippen molar-refractivity contribution in [1.82, 2.24) is 9.38 Å². The van der Waals surface area contributed by atoms with Gasteiger partial charge in [-0.05, 0) is 30.7 Å². The van der Waals surface area contributed by atoms with E-state index in [0.29, 0.717) is 27.1 Å². The van der Waals surface area contributed by atoms with Crippen LogP contribution in [0.3, 0.4) is 0 Å². The van der Waals surface area contributed by atoms with Crippen molar-refractivity contribution in [2.45, 2.75) is 13.3 Å². The van der Waals surface area contributed by atoms with E-state index in [1.54, 1.807) is 24.3 Å². The van der Waals surface area contributed by atoms with Gasteiger partial charge < -0.3 is 10.1 Å². The molecule has 0 aliphatic heterocycles. The van der Waals surface area contributed by atoms with Crippen molar-refractivity contribution in [2.24, 2.45) is 0 Å². The SMILES string of the molecule is Cc1cccc(Cl)c1Nc1c(-c2ccccc2F)nc2scc(CC=O)n12. The summed E-state index contributed by atoms with van der Waals surface area (Å²) in [7, 11) is 0. The van der Waals surface area contributed by atoms with Crippen LogP contribution in [-0.2, 0) is 11.2 Å². The highest BCUT2D eigenvalue weighted by Gasteiger charge is 2.21. The summed E-state index contributed by atoms with van der Waals surface area (Å²) in [4.78, 5) is 16.4. The second-order valence-corrected chi connectivity index (χ2v) is 7.31. The molecule has 1 N–H and O–H groups in total. The maximum atomic E-state index is 14.5. The average molecular weight is 400 g/mol. The van der Waals surface area contributed by atoms with Gasteiger partial charge in [0, 0.05) is 23.1 Å². The number of imidazole rings is 1. The van der Waals surface area contributed by atoms with E-state index in [2.05, 4.69) is 10.3 Å². The molecule has 27 heavy (non-hydrogen) atoms. The van der Waals surface area contributed by atoms with E-state index in [0.717, 1.165) is 23.2 Å². The molecule has 0 fully saturated rings. The van der Waals surface area contributed by atoms with Crippen LogP contribution in [0.4, 0.5) is 15.9 Å². The lowest BCUT2D eigenvalue weighted by Crippen LogP contribution is -2.02. The number of halogens is 2. The Labute approximate surface area is 164 Å². The van der Waals surface area contributed by atoms with Crippen molar-refractivity contribution < 1.29 is 9.18 Å². The smallest absolute Gasteiger partial charge is 0.196 e. The first-order valence-corrected chi connectivity index (χ1v) is 9.55. The standard InChI is InChI=1S/C20H15ClFN3OS/c1-12-5-4-7-15(21)17(12)23-19-18(14-6-2-3-8-16(14)22)24-20-25(19)13(9-10-26)11-27-20/h2-8,10-11,23H,9H2,1H3. The van der Waals surface area contributed by atoms with Crippen molar-refractivity contribution in [2.75, 3.05) is 5.32 Å². The molecule has 2 heterocycles. The Morgan fingerprint density at radius 2 is 2.07 bits per heavy atom. The van der Waals surface area contributed by atoms with Gasteiger partial charge in [0.05, 0.1) is 10.7 Å². The van der Waals surface area contributed by atoms with E-state index in [9.17, 15) is 9.18 Å². The van der Waals surface area contributed by atoms with Crippen LogP contribution in [0.25, 0.3) is 16.2 Å². The summed E-state index contributed by atoms with van der Waals surface area (Å²) in [6.45, 7) is 1.94. The Hall–Kier alpha value is -2.70. The number of hydrogen-bond donors (Lipinski definition) is 1.